The summed E-state index contributed by atoms with van der Waals surface area (Å²) >= 11 is 0. The van der Waals surface area contributed by atoms with Crippen molar-refractivity contribution in [2.24, 2.45) is 12.8 Å². The van der Waals surface area contributed by atoms with Gasteiger partial charge in [0.2, 0.25) is 0 Å². The van der Waals surface area contributed by atoms with Gasteiger partial charge in [0.25, 0.3) is 0 Å². The van der Waals surface area contributed by atoms with E-state index in [-0.39, 0.29) is 11.7 Å². The van der Waals surface area contributed by atoms with E-state index in [1.165, 1.54) is 7.11 Å². The zero-order chi connectivity index (χ0) is 26.5. The minimum absolute atomic E-state index is 0.00877. The summed E-state index contributed by atoms with van der Waals surface area (Å²) in [4.78, 5) is 26.8. The fourth-order valence-electron chi connectivity index (χ4n) is 4.65. The van der Waals surface area contributed by atoms with Crippen molar-refractivity contribution in [2.45, 2.75) is 31.7 Å². The zero-order valence-electron chi connectivity index (χ0n) is 20.8. The molecule has 0 saturated heterocycles. The minimum Gasteiger partial charge on any atom is -0.453 e. The molecule has 4 aromatic rings. The molecule has 190 valence electrons. The number of carbonyl (C=O) groups is 1. The summed E-state index contributed by atoms with van der Waals surface area (Å²) in [5.74, 6) is 0.650. The maximum Gasteiger partial charge on any atom is 0.404 e. The molecule has 0 radical (unpaired) electrons. The fraction of sp³-hybridized carbons (Fsp3) is 0.259. The highest BCUT2D eigenvalue weighted by Gasteiger charge is 2.23. The van der Waals surface area contributed by atoms with Gasteiger partial charge in [-0.1, -0.05) is 25.0 Å². The number of nitrogens with two attached hydrogens (primary N) is 2. The van der Waals surface area contributed by atoms with Crippen molar-refractivity contribution >= 4 is 34.3 Å². The van der Waals surface area contributed by atoms with E-state index in [0.29, 0.717) is 17.1 Å². The Morgan fingerprint density at radius 1 is 1.14 bits per heavy atom. The summed E-state index contributed by atoms with van der Waals surface area (Å²) in [6.07, 6.45) is 5.37. The predicted molar refractivity (Wildman–Crippen MR) is 143 cm³/mol. The molecule has 0 spiro atoms. The summed E-state index contributed by atoms with van der Waals surface area (Å²) in [6.45, 7) is 0. The standard InChI is InChI=1S/C25H24N6O.C2H5NO2/c1-30-23-15-28-24(13-22(23)31(25(30)32)21-7-2-3-8-21)29-20-11-18(10-19(27)12-20)17-6-4-5-16(9-17)14-26;1-5-2(3)4/h4-6,9-13,15,21H,2-3,7-8,27H2,1H3,(H,28,29);1H3,(H2,3,4). The predicted octanol–water partition coefficient (Wildman–Crippen LogP) is 4.43. The van der Waals surface area contributed by atoms with Crippen LogP contribution in [0.4, 0.5) is 22.0 Å². The second-order valence-electron chi connectivity index (χ2n) is 8.89. The molecule has 1 aliphatic carbocycles. The lowest BCUT2D eigenvalue weighted by atomic mass is 10.0. The number of amides is 1. The molecule has 2 aromatic carbocycles. The van der Waals surface area contributed by atoms with Crippen LogP contribution in [-0.4, -0.2) is 27.3 Å². The number of nitrogens with one attached hydrogen (secondary N) is 1. The molecule has 1 amide bonds. The van der Waals surface area contributed by atoms with Gasteiger partial charge in [-0.15, -0.1) is 0 Å². The van der Waals surface area contributed by atoms with Crippen molar-refractivity contribution in [3.05, 3.63) is 70.8 Å². The zero-order valence-corrected chi connectivity index (χ0v) is 20.8. The van der Waals surface area contributed by atoms with E-state index < -0.39 is 6.09 Å². The second kappa shape index (κ2) is 10.9. The third kappa shape index (κ3) is 5.56. The third-order valence-electron chi connectivity index (χ3n) is 6.42. The van der Waals surface area contributed by atoms with Gasteiger partial charge < -0.3 is 21.5 Å². The van der Waals surface area contributed by atoms with E-state index in [0.717, 1.165) is 53.5 Å². The van der Waals surface area contributed by atoms with Gasteiger partial charge >= 0.3 is 11.8 Å². The Kier molecular flexibility index (Phi) is 7.44. The number of hydrogen-bond acceptors (Lipinski definition) is 7. The van der Waals surface area contributed by atoms with Crippen LogP contribution in [0.2, 0.25) is 0 Å². The van der Waals surface area contributed by atoms with Crippen molar-refractivity contribution in [2.75, 3.05) is 18.2 Å². The van der Waals surface area contributed by atoms with Gasteiger partial charge in [0, 0.05) is 30.5 Å². The Labute approximate surface area is 214 Å². The van der Waals surface area contributed by atoms with Crippen LogP contribution in [-0.2, 0) is 11.8 Å². The third-order valence-corrected chi connectivity index (χ3v) is 6.42. The number of imidazole rings is 1. The van der Waals surface area contributed by atoms with Gasteiger partial charge in [-0.2, -0.15) is 5.26 Å². The number of aryl methyl sites for hydroxylation is 1. The van der Waals surface area contributed by atoms with Gasteiger partial charge in [0.15, 0.2) is 0 Å². The van der Waals surface area contributed by atoms with Crippen LogP contribution in [0.15, 0.2) is 59.5 Å². The Balaban J connectivity index is 0.000000586. The van der Waals surface area contributed by atoms with Crippen molar-refractivity contribution in [3.63, 3.8) is 0 Å². The number of nitriles is 1. The molecule has 0 unspecified atom stereocenters. The minimum atomic E-state index is -0.745. The summed E-state index contributed by atoms with van der Waals surface area (Å²) in [6, 6.07) is 17.5. The first-order valence-electron chi connectivity index (χ1n) is 11.9. The highest BCUT2D eigenvalue weighted by molar-refractivity contribution is 5.81. The van der Waals surface area contributed by atoms with E-state index in [4.69, 9.17) is 5.73 Å². The molecule has 0 aliphatic heterocycles. The number of nitrogen functional groups attached to an aromatic ring is 1. The van der Waals surface area contributed by atoms with Gasteiger partial charge in [0.05, 0.1) is 36.0 Å². The summed E-state index contributed by atoms with van der Waals surface area (Å²) < 4.78 is 7.48. The second-order valence-corrected chi connectivity index (χ2v) is 8.89. The molecule has 10 nitrogen and oxygen atoms in total. The first kappa shape index (κ1) is 25.3. The Morgan fingerprint density at radius 3 is 2.54 bits per heavy atom. The van der Waals surface area contributed by atoms with Crippen LogP contribution in [0.3, 0.4) is 0 Å². The maximum absolute atomic E-state index is 12.9. The molecule has 2 aromatic heterocycles. The van der Waals surface area contributed by atoms with Gasteiger partial charge in [-0.05, 0) is 54.3 Å². The average Bonchev–Trinajstić information content (AvgIpc) is 3.50. The number of hydrogen-bond donors (Lipinski definition) is 3. The number of carbonyl (C=O) groups excluding carboxylic acids is 1. The van der Waals surface area contributed by atoms with Crippen LogP contribution in [0.25, 0.3) is 22.2 Å². The molecule has 10 heteroatoms. The topological polar surface area (TPSA) is 154 Å². The van der Waals surface area contributed by atoms with Crippen LogP contribution in [0, 0.1) is 11.3 Å². The molecule has 5 rings (SSSR count). The smallest absolute Gasteiger partial charge is 0.404 e. The van der Waals surface area contributed by atoms with Crippen molar-refractivity contribution < 1.29 is 9.53 Å². The number of ether oxygens (including phenoxy) is 1. The van der Waals surface area contributed by atoms with Crippen LogP contribution in [0.1, 0.15) is 37.3 Å². The van der Waals surface area contributed by atoms with E-state index in [1.807, 2.05) is 47.0 Å². The summed E-state index contributed by atoms with van der Waals surface area (Å²) in [7, 11) is 3.02. The van der Waals surface area contributed by atoms with Crippen molar-refractivity contribution in [1.82, 2.24) is 14.1 Å². The number of aromatic nitrogens is 3. The number of benzene rings is 2. The molecule has 2 heterocycles. The normalized spacial score (nSPS) is 13.0. The average molecular weight is 500 g/mol. The molecular formula is C27H29N7O3. The lowest BCUT2D eigenvalue weighted by Gasteiger charge is -2.13. The molecule has 1 fully saturated rings. The number of pyridine rings is 1. The van der Waals surface area contributed by atoms with E-state index in [1.54, 1.807) is 23.9 Å². The molecule has 0 bridgehead atoms. The number of nitrogens with zero attached hydrogens (tertiary/aromatic N) is 4. The highest BCUT2D eigenvalue weighted by Crippen LogP contribution is 2.32. The van der Waals surface area contributed by atoms with Crippen molar-refractivity contribution in [1.29, 1.82) is 5.26 Å². The monoisotopic (exact) mass is 499 g/mol. The molecule has 37 heavy (non-hydrogen) atoms. The molecule has 1 aliphatic rings. The van der Waals surface area contributed by atoms with Gasteiger partial charge in [-0.3, -0.25) is 9.13 Å². The molecule has 5 N–H and O–H groups in total. The van der Waals surface area contributed by atoms with Crippen LogP contribution < -0.4 is 22.5 Å². The number of rotatable bonds is 4. The quantitative estimate of drug-likeness (QED) is 0.351. The maximum atomic E-state index is 12.9. The number of methoxy groups -OCH3 is 1. The van der Waals surface area contributed by atoms with Gasteiger partial charge in [0.1, 0.15) is 5.82 Å². The first-order chi connectivity index (χ1) is 17.8. The van der Waals surface area contributed by atoms with E-state index >= 15 is 0 Å². The Hall–Kier alpha value is -4.78. The highest BCUT2D eigenvalue weighted by atomic mass is 16.5. The Bertz CT molecular complexity index is 1540. The van der Waals surface area contributed by atoms with Crippen LogP contribution >= 0.6 is 0 Å². The number of anilines is 3. The van der Waals surface area contributed by atoms with E-state index in [9.17, 15) is 14.9 Å². The summed E-state index contributed by atoms with van der Waals surface area (Å²) in [5.41, 5.74) is 16.2. The number of fused-ring (bicyclic) bond motifs is 1. The van der Waals surface area contributed by atoms with E-state index in [2.05, 4.69) is 26.8 Å². The number of primary amides is 1. The Morgan fingerprint density at radius 2 is 1.86 bits per heavy atom. The van der Waals surface area contributed by atoms with Gasteiger partial charge in [-0.25, -0.2) is 14.6 Å². The fourth-order valence-corrected chi connectivity index (χ4v) is 4.65. The molecule has 1 saturated carbocycles. The van der Waals surface area contributed by atoms with Crippen LogP contribution in [0.5, 0.6) is 0 Å². The largest absolute Gasteiger partial charge is 0.453 e. The summed E-state index contributed by atoms with van der Waals surface area (Å²) in [5, 5.41) is 12.5. The molecular weight excluding hydrogens is 470 g/mol. The lowest BCUT2D eigenvalue weighted by molar-refractivity contribution is 0.182. The molecule has 0 atom stereocenters. The van der Waals surface area contributed by atoms with Crippen molar-refractivity contribution in [3.8, 4) is 17.2 Å². The first-order valence-corrected chi connectivity index (χ1v) is 11.9. The lowest BCUT2D eigenvalue weighted by Crippen LogP contribution is -2.24. The SMILES string of the molecule is COC(N)=O.Cn1c(=O)n(C2CCCC2)c2cc(Nc3cc(N)cc(-c4cccc(C#N)c4)c3)ncc21.